The SMILES string of the molecule is Nc1ccc(-c2c(F)ccc(Br)c2F)cn1. The zero-order chi connectivity index (χ0) is 11.7. The summed E-state index contributed by atoms with van der Waals surface area (Å²) < 4.78 is 27.4. The van der Waals surface area contributed by atoms with Gasteiger partial charge in [0, 0.05) is 11.8 Å². The average Bonchev–Trinajstić information content (AvgIpc) is 2.27. The molecule has 0 atom stereocenters. The third-order valence-corrected chi connectivity index (χ3v) is 2.73. The molecule has 0 saturated heterocycles. The predicted octanol–water partition coefficient (Wildman–Crippen LogP) is 3.37. The molecule has 1 heterocycles. The topological polar surface area (TPSA) is 38.9 Å². The lowest BCUT2D eigenvalue weighted by Gasteiger charge is -2.06. The molecule has 0 aliphatic rings. The van der Waals surface area contributed by atoms with Crippen molar-refractivity contribution in [3.8, 4) is 11.1 Å². The summed E-state index contributed by atoms with van der Waals surface area (Å²) in [6.45, 7) is 0. The van der Waals surface area contributed by atoms with Crippen LogP contribution < -0.4 is 5.73 Å². The second-order valence-electron chi connectivity index (χ2n) is 3.19. The Balaban J connectivity index is 2.63. The van der Waals surface area contributed by atoms with Crippen molar-refractivity contribution < 1.29 is 8.78 Å². The van der Waals surface area contributed by atoms with Gasteiger partial charge in [-0.15, -0.1) is 0 Å². The van der Waals surface area contributed by atoms with Crippen LogP contribution in [0.2, 0.25) is 0 Å². The molecule has 5 heteroatoms. The lowest BCUT2D eigenvalue weighted by atomic mass is 10.1. The highest BCUT2D eigenvalue weighted by Gasteiger charge is 2.14. The minimum absolute atomic E-state index is 0.109. The number of rotatable bonds is 1. The van der Waals surface area contributed by atoms with E-state index >= 15 is 0 Å². The van der Waals surface area contributed by atoms with Gasteiger partial charge >= 0.3 is 0 Å². The van der Waals surface area contributed by atoms with Crippen molar-refractivity contribution in [1.29, 1.82) is 0 Å². The van der Waals surface area contributed by atoms with Crippen molar-refractivity contribution in [1.82, 2.24) is 4.98 Å². The third-order valence-electron chi connectivity index (χ3n) is 2.12. The number of pyridine rings is 1. The van der Waals surface area contributed by atoms with Crippen LogP contribution in [0.15, 0.2) is 34.9 Å². The molecule has 0 aliphatic heterocycles. The summed E-state index contributed by atoms with van der Waals surface area (Å²) in [5, 5.41) is 0. The van der Waals surface area contributed by atoms with Gasteiger partial charge in [0.1, 0.15) is 17.5 Å². The molecule has 0 amide bonds. The fourth-order valence-corrected chi connectivity index (χ4v) is 1.68. The molecule has 1 aromatic carbocycles. The molecule has 0 radical (unpaired) electrons. The Labute approximate surface area is 99.2 Å². The third kappa shape index (κ3) is 1.90. The van der Waals surface area contributed by atoms with Crippen LogP contribution >= 0.6 is 15.9 Å². The minimum atomic E-state index is -0.647. The van der Waals surface area contributed by atoms with Crippen LogP contribution in [0.25, 0.3) is 11.1 Å². The lowest BCUT2D eigenvalue weighted by molar-refractivity contribution is 0.585. The van der Waals surface area contributed by atoms with Crippen LogP contribution in [-0.2, 0) is 0 Å². The summed E-state index contributed by atoms with van der Waals surface area (Å²) in [7, 11) is 0. The van der Waals surface area contributed by atoms with E-state index in [-0.39, 0.29) is 10.0 Å². The Kier molecular flexibility index (Phi) is 2.87. The fraction of sp³-hybridized carbons (Fsp3) is 0. The van der Waals surface area contributed by atoms with E-state index < -0.39 is 11.6 Å². The number of aromatic nitrogens is 1. The fourth-order valence-electron chi connectivity index (χ4n) is 1.34. The summed E-state index contributed by atoms with van der Waals surface area (Å²) in [6, 6.07) is 5.53. The van der Waals surface area contributed by atoms with E-state index in [4.69, 9.17) is 5.73 Å². The quantitative estimate of drug-likeness (QED) is 0.816. The molecule has 0 saturated carbocycles. The smallest absolute Gasteiger partial charge is 0.148 e. The van der Waals surface area contributed by atoms with Crippen molar-refractivity contribution in [3.63, 3.8) is 0 Å². The summed E-state index contributed by atoms with van der Waals surface area (Å²) in [5.41, 5.74) is 5.65. The van der Waals surface area contributed by atoms with Gasteiger partial charge in [-0.2, -0.15) is 0 Å². The number of nitrogens with two attached hydrogens (primary N) is 1. The van der Waals surface area contributed by atoms with Crippen molar-refractivity contribution in [2.45, 2.75) is 0 Å². The number of anilines is 1. The molecular weight excluding hydrogens is 278 g/mol. The van der Waals surface area contributed by atoms with E-state index in [0.717, 1.165) is 0 Å². The zero-order valence-electron chi connectivity index (χ0n) is 8.05. The van der Waals surface area contributed by atoms with Gasteiger partial charge in [0.25, 0.3) is 0 Å². The Morgan fingerprint density at radius 2 is 1.88 bits per heavy atom. The van der Waals surface area contributed by atoms with Crippen molar-refractivity contribution >= 4 is 21.7 Å². The molecule has 0 unspecified atom stereocenters. The molecule has 0 fully saturated rings. The molecule has 2 N–H and O–H groups in total. The van der Waals surface area contributed by atoms with Crippen LogP contribution in [-0.4, -0.2) is 4.98 Å². The van der Waals surface area contributed by atoms with Gasteiger partial charge in [-0.05, 0) is 40.2 Å². The number of nitrogen functional groups attached to an aromatic ring is 1. The molecule has 2 aromatic rings. The lowest BCUT2D eigenvalue weighted by Crippen LogP contribution is -1.94. The summed E-state index contributed by atoms with van der Waals surface area (Å²) in [5.74, 6) is -0.974. The highest BCUT2D eigenvalue weighted by atomic mass is 79.9. The largest absolute Gasteiger partial charge is 0.384 e. The van der Waals surface area contributed by atoms with Crippen molar-refractivity contribution in [2.24, 2.45) is 0 Å². The van der Waals surface area contributed by atoms with E-state index in [1.807, 2.05) is 0 Å². The minimum Gasteiger partial charge on any atom is -0.384 e. The van der Waals surface area contributed by atoms with Gasteiger partial charge in [0.2, 0.25) is 0 Å². The van der Waals surface area contributed by atoms with Crippen LogP contribution in [0.3, 0.4) is 0 Å². The Morgan fingerprint density at radius 3 is 2.50 bits per heavy atom. The number of nitrogens with zero attached hydrogens (tertiary/aromatic N) is 1. The molecule has 16 heavy (non-hydrogen) atoms. The molecule has 0 aliphatic carbocycles. The van der Waals surface area contributed by atoms with Crippen molar-refractivity contribution in [3.05, 3.63) is 46.6 Å². The van der Waals surface area contributed by atoms with Gasteiger partial charge in [0.15, 0.2) is 0 Å². The van der Waals surface area contributed by atoms with E-state index in [0.29, 0.717) is 11.4 Å². The second kappa shape index (κ2) is 4.17. The van der Waals surface area contributed by atoms with Crippen LogP contribution in [0.5, 0.6) is 0 Å². The molecule has 82 valence electrons. The maximum Gasteiger partial charge on any atom is 0.148 e. The number of hydrogen-bond acceptors (Lipinski definition) is 2. The van der Waals surface area contributed by atoms with E-state index in [2.05, 4.69) is 20.9 Å². The normalized spacial score (nSPS) is 10.4. The van der Waals surface area contributed by atoms with Crippen LogP contribution in [0, 0.1) is 11.6 Å². The Morgan fingerprint density at radius 1 is 1.12 bits per heavy atom. The van der Waals surface area contributed by atoms with Crippen molar-refractivity contribution in [2.75, 3.05) is 5.73 Å². The maximum atomic E-state index is 13.7. The highest BCUT2D eigenvalue weighted by Crippen LogP contribution is 2.30. The second-order valence-corrected chi connectivity index (χ2v) is 4.04. The molecule has 2 nitrogen and oxygen atoms in total. The van der Waals surface area contributed by atoms with E-state index in [1.54, 1.807) is 0 Å². The molecule has 0 spiro atoms. The number of hydrogen-bond donors (Lipinski definition) is 1. The summed E-state index contributed by atoms with van der Waals surface area (Å²) in [6.07, 6.45) is 1.34. The summed E-state index contributed by atoms with van der Waals surface area (Å²) in [4.78, 5) is 3.80. The van der Waals surface area contributed by atoms with Gasteiger partial charge in [-0.1, -0.05) is 0 Å². The standard InChI is InChI=1S/C11H7BrF2N2/c12-7-2-3-8(13)10(11(7)14)6-1-4-9(15)16-5-6/h1-5H,(H2,15,16). The van der Waals surface area contributed by atoms with Gasteiger partial charge in [-0.3, -0.25) is 0 Å². The average molecular weight is 285 g/mol. The highest BCUT2D eigenvalue weighted by molar-refractivity contribution is 9.10. The van der Waals surface area contributed by atoms with Crippen LogP contribution in [0.4, 0.5) is 14.6 Å². The van der Waals surface area contributed by atoms with Crippen LogP contribution in [0.1, 0.15) is 0 Å². The monoisotopic (exact) mass is 284 g/mol. The molecular formula is C11H7BrF2N2. The zero-order valence-corrected chi connectivity index (χ0v) is 9.63. The first-order valence-corrected chi connectivity index (χ1v) is 5.24. The Hall–Kier alpha value is -1.49. The maximum absolute atomic E-state index is 13.7. The van der Waals surface area contributed by atoms with Gasteiger partial charge in [-0.25, -0.2) is 13.8 Å². The first-order chi connectivity index (χ1) is 7.59. The number of benzene rings is 1. The molecule has 1 aromatic heterocycles. The molecule has 2 rings (SSSR count). The molecule has 0 bridgehead atoms. The summed E-state index contributed by atoms with van der Waals surface area (Å²) >= 11 is 3.01. The predicted molar refractivity (Wildman–Crippen MR) is 61.7 cm³/mol. The van der Waals surface area contributed by atoms with Gasteiger partial charge < -0.3 is 5.73 Å². The number of halogens is 3. The van der Waals surface area contributed by atoms with E-state index in [1.165, 1.54) is 30.5 Å². The Bertz CT molecular complexity index is 526. The van der Waals surface area contributed by atoms with Gasteiger partial charge in [0.05, 0.1) is 10.0 Å². The first-order valence-electron chi connectivity index (χ1n) is 4.45. The van der Waals surface area contributed by atoms with E-state index in [9.17, 15) is 8.78 Å². The first kappa shape index (κ1) is 11.0.